The van der Waals surface area contributed by atoms with Gasteiger partial charge in [0.2, 0.25) is 5.28 Å². The minimum absolute atomic E-state index is 0.0560. The molecule has 94 valence electrons. The molecule has 0 radical (unpaired) electrons. The molecule has 1 saturated carbocycles. The maximum Gasteiger partial charge on any atom is 0.224 e. The van der Waals surface area contributed by atoms with Crippen molar-refractivity contribution in [3.63, 3.8) is 0 Å². The average molecular weight is 262 g/mol. The maximum atomic E-state index is 5.99. The fraction of sp³-hybridized carbons (Fsp3) is 0.429. The Hall–Kier alpha value is -1.35. The molecule has 1 aliphatic rings. The van der Waals surface area contributed by atoms with Crippen molar-refractivity contribution in [2.45, 2.75) is 32.2 Å². The van der Waals surface area contributed by atoms with Crippen molar-refractivity contribution in [2.75, 3.05) is 5.32 Å². The molecule has 0 amide bonds. The predicted octanol–water partition coefficient (Wildman–Crippen LogP) is 3.88. The molecule has 1 aromatic carbocycles. The highest BCUT2D eigenvalue weighted by Crippen LogP contribution is 2.41. The van der Waals surface area contributed by atoms with Gasteiger partial charge in [0.25, 0.3) is 0 Å². The van der Waals surface area contributed by atoms with Gasteiger partial charge in [0.05, 0.1) is 5.52 Å². The third-order valence-electron chi connectivity index (χ3n) is 3.61. The van der Waals surface area contributed by atoms with Gasteiger partial charge in [-0.15, -0.1) is 0 Å². The molecule has 1 fully saturated rings. The molecule has 0 atom stereocenters. The lowest BCUT2D eigenvalue weighted by Crippen LogP contribution is -2.33. The van der Waals surface area contributed by atoms with Crippen molar-refractivity contribution in [1.82, 2.24) is 9.97 Å². The molecular formula is C14H16ClN3. The normalized spacial score (nSPS) is 15.9. The van der Waals surface area contributed by atoms with Crippen molar-refractivity contribution in [3.05, 3.63) is 29.5 Å². The highest BCUT2D eigenvalue weighted by Gasteiger charge is 2.38. The zero-order valence-electron chi connectivity index (χ0n) is 10.6. The van der Waals surface area contributed by atoms with Crippen molar-refractivity contribution in [1.29, 1.82) is 0 Å². The standard InChI is InChI=1S/C14H16ClN3/c1-14(2,9-7-8-9)18-12-10-5-3-4-6-11(10)16-13(15)17-12/h3-6,9H,7-8H2,1-2H3,(H,16,17,18). The smallest absolute Gasteiger partial charge is 0.224 e. The molecule has 0 aliphatic heterocycles. The summed E-state index contributed by atoms with van der Waals surface area (Å²) in [6, 6.07) is 7.94. The molecule has 1 N–H and O–H groups in total. The summed E-state index contributed by atoms with van der Waals surface area (Å²) in [5.41, 5.74) is 0.937. The number of anilines is 1. The van der Waals surface area contributed by atoms with E-state index in [9.17, 15) is 0 Å². The summed E-state index contributed by atoms with van der Waals surface area (Å²) in [6.45, 7) is 4.44. The Labute approximate surface area is 112 Å². The van der Waals surface area contributed by atoms with Gasteiger partial charge in [-0.25, -0.2) is 9.97 Å². The highest BCUT2D eigenvalue weighted by atomic mass is 35.5. The average Bonchev–Trinajstić information content (AvgIpc) is 3.12. The second kappa shape index (κ2) is 4.09. The first-order chi connectivity index (χ1) is 8.56. The summed E-state index contributed by atoms with van der Waals surface area (Å²) in [4.78, 5) is 8.58. The maximum absolute atomic E-state index is 5.99. The number of hydrogen-bond donors (Lipinski definition) is 1. The van der Waals surface area contributed by atoms with Gasteiger partial charge in [0.15, 0.2) is 0 Å². The van der Waals surface area contributed by atoms with Gasteiger partial charge >= 0.3 is 0 Å². The van der Waals surface area contributed by atoms with E-state index in [1.807, 2.05) is 24.3 Å². The number of para-hydroxylation sites is 1. The van der Waals surface area contributed by atoms with E-state index in [-0.39, 0.29) is 5.54 Å². The fourth-order valence-electron chi connectivity index (χ4n) is 2.36. The molecule has 4 heteroatoms. The van der Waals surface area contributed by atoms with Crippen LogP contribution >= 0.6 is 11.6 Å². The predicted molar refractivity (Wildman–Crippen MR) is 75.0 cm³/mol. The minimum atomic E-state index is 0.0560. The third-order valence-corrected chi connectivity index (χ3v) is 3.78. The lowest BCUT2D eigenvalue weighted by atomic mass is 9.98. The first kappa shape index (κ1) is 11.7. The lowest BCUT2D eigenvalue weighted by molar-refractivity contribution is 0.493. The van der Waals surface area contributed by atoms with Crippen LogP contribution in [-0.2, 0) is 0 Å². The van der Waals surface area contributed by atoms with Crippen LogP contribution < -0.4 is 5.32 Å². The van der Waals surface area contributed by atoms with E-state index in [1.54, 1.807) is 0 Å². The highest BCUT2D eigenvalue weighted by molar-refractivity contribution is 6.28. The van der Waals surface area contributed by atoms with Crippen LogP contribution in [-0.4, -0.2) is 15.5 Å². The summed E-state index contributed by atoms with van der Waals surface area (Å²) < 4.78 is 0. The molecule has 3 nitrogen and oxygen atoms in total. The van der Waals surface area contributed by atoms with Gasteiger partial charge in [-0.3, -0.25) is 0 Å². The van der Waals surface area contributed by atoms with Gasteiger partial charge < -0.3 is 5.32 Å². The molecule has 18 heavy (non-hydrogen) atoms. The Kier molecular flexibility index (Phi) is 2.67. The van der Waals surface area contributed by atoms with E-state index in [1.165, 1.54) is 12.8 Å². The fourth-order valence-corrected chi connectivity index (χ4v) is 2.53. The lowest BCUT2D eigenvalue weighted by Gasteiger charge is -2.27. The molecule has 1 heterocycles. The SMILES string of the molecule is CC(C)(Nc1nc(Cl)nc2ccccc12)C1CC1. The summed E-state index contributed by atoms with van der Waals surface area (Å²) in [5.74, 6) is 1.56. The second-order valence-electron chi connectivity index (χ2n) is 5.48. The molecule has 1 aliphatic carbocycles. The number of benzene rings is 1. The van der Waals surface area contributed by atoms with Gasteiger partial charge in [-0.05, 0) is 56.3 Å². The molecule has 0 bridgehead atoms. The molecular weight excluding hydrogens is 246 g/mol. The van der Waals surface area contributed by atoms with Crippen LogP contribution in [0.1, 0.15) is 26.7 Å². The Balaban J connectivity index is 2.05. The molecule has 3 rings (SSSR count). The zero-order valence-corrected chi connectivity index (χ0v) is 11.3. The van der Waals surface area contributed by atoms with Gasteiger partial charge in [-0.1, -0.05) is 12.1 Å². The summed E-state index contributed by atoms with van der Waals surface area (Å²) >= 11 is 5.99. The first-order valence-corrected chi connectivity index (χ1v) is 6.64. The van der Waals surface area contributed by atoms with E-state index < -0.39 is 0 Å². The van der Waals surface area contributed by atoms with E-state index in [0.717, 1.165) is 22.6 Å². The van der Waals surface area contributed by atoms with Crippen molar-refractivity contribution in [2.24, 2.45) is 5.92 Å². The first-order valence-electron chi connectivity index (χ1n) is 6.27. The molecule has 0 spiro atoms. The molecule has 2 aromatic rings. The van der Waals surface area contributed by atoms with Gasteiger partial charge in [0, 0.05) is 10.9 Å². The number of halogens is 1. The summed E-state index contributed by atoms with van der Waals surface area (Å²) in [5, 5.41) is 4.85. The third kappa shape index (κ3) is 2.15. The van der Waals surface area contributed by atoms with Crippen LogP contribution in [0.4, 0.5) is 5.82 Å². The topological polar surface area (TPSA) is 37.8 Å². The van der Waals surface area contributed by atoms with Crippen LogP contribution in [0.3, 0.4) is 0 Å². The molecule has 0 unspecified atom stereocenters. The number of hydrogen-bond acceptors (Lipinski definition) is 3. The van der Waals surface area contributed by atoms with Gasteiger partial charge in [0.1, 0.15) is 5.82 Å². The van der Waals surface area contributed by atoms with Crippen LogP contribution in [0.15, 0.2) is 24.3 Å². The van der Waals surface area contributed by atoms with E-state index >= 15 is 0 Å². The monoisotopic (exact) mass is 261 g/mol. The number of fused-ring (bicyclic) bond motifs is 1. The van der Waals surface area contributed by atoms with Gasteiger partial charge in [-0.2, -0.15) is 0 Å². The number of aromatic nitrogens is 2. The Morgan fingerprint density at radius 3 is 2.67 bits per heavy atom. The summed E-state index contributed by atoms with van der Waals surface area (Å²) in [6.07, 6.45) is 2.58. The number of nitrogens with one attached hydrogen (secondary N) is 1. The van der Waals surface area contributed by atoms with E-state index in [4.69, 9.17) is 11.6 Å². The largest absolute Gasteiger partial charge is 0.364 e. The Morgan fingerprint density at radius 1 is 1.22 bits per heavy atom. The zero-order chi connectivity index (χ0) is 12.8. The van der Waals surface area contributed by atoms with E-state index in [2.05, 4.69) is 29.1 Å². The van der Waals surface area contributed by atoms with Crippen molar-refractivity contribution in [3.8, 4) is 0 Å². The Bertz CT molecular complexity index is 591. The number of nitrogens with zero attached hydrogens (tertiary/aromatic N) is 2. The van der Waals surface area contributed by atoms with Crippen molar-refractivity contribution >= 4 is 28.3 Å². The van der Waals surface area contributed by atoms with Crippen LogP contribution in [0.2, 0.25) is 5.28 Å². The van der Waals surface area contributed by atoms with Crippen LogP contribution in [0, 0.1) is 5.92 Å². The van der Waals surface area contributed by atoms with Crippen LogP contribution in [0.5, 0.6) is 0 Å². The summed E-state index contributed by atoms with van der Waals surface area (Å²) in [7, 11) is 0. The van der Waals surface area contributed by atoms with Crippen LogP contribution in [0.25, 0.3) is 10.9 Å². The van der Waals surface area contributed by atoms with Crippen molar-refractivity contribution < 1.29 is 0 Å². The Morgan fingerprint density at radius 2 is 1.94 bits per heavy atom. The minimum Gasteiger partial charge on any atom is -0.364 e. The number of rotatable bonds is 3. The quantitative estimate of drug-likeness (QED) is 0.852. The van der Waals surface area contributed by atoms with E-state index in [0.29, 0.717) is 5.28 Å². The second-order valence-corrected chi connectivity index (χ2v) is 5.82. The molecule has 1 aromatic heterocycles. The molecule has 0 saturated heterocycles.